The second kappa shape index (κ2) is 16.0. The second-order valence-corrected chi connectivity index (χ2v) is 9.75. The van der Waals surface area contributed by atoms with Crippen molar-refractivity contribution < 1.29 is 19.5 Å². The van der Waals surface area contributed by atoms with Crippen LogP contribution in [0.3, 0.4) is 0 Å². The number of aryl methyl sites for hydroxylation is 1. The molecule has 3 rings (SSSR count). The van der Waals surface area contributed by atoms with Gasteiger partial charge < -0.3 is 26.4 Å². The summed E-state index contributed by atoms with van der Waals surface area (Å²) in [7, 11) is 0. The number of thiazole rings is 1. The van der Waals surface area contributed by atoms with Crippen LogP contribution < -0.4 is 16.4 Å². The van der Waals surface area contributed by atoms with Crippen molar-refractivity contribution in [1.29, 1.82) is 0 Å². The molecule has 1 aromatic heterocycles. The van der Waals surface area contributed by atoms with Gasteiger partial charge in [-0.2, -0.15) is 0 Å². The summed E-state index contributed by atoms with van der Waals surface area (Å²) in [5.41, 5.74) is 10.2. The zero-order valence-electron chi connectivity index (χ0n) is 21.3. The number of aliphatic hydroxyl groups is 1. The van der Waals surface area contributed by atoms with E-state index in [1.54, 1.807) is 11.3 Å². The zero-order chi connectivity index (χ0) is 26.4. The molecule has 0 spiro atoms. The lowest BCUT2D eigenvalue weighted by Gasteiger charge is -2.15. The van der Waals surface area contributed by atoms with E-state index in [2.05, 4.69) is 48.5 Å². The maximum Gasteiger partial charge on any atom is 0.242 e. The topological polar surface area (TPSA) is 138 Å². The fraction of sp³-hybridized carbons (Fsp3) is 0.520. The number of nitrogens with two attached hydrogens (primary N) is 1. The highest BCUT2D eigenvalue weighted by Crippen LogP contribution is 2.28. The van der Waals surface area contributed by atoms with E-state index in [4.69, 9.17) is 5.73 Å². The predicted molar refractivity (Wildman–Crippen MR) is 140 cm³/mol. The fourth-order valence-corrected chi connectivity index (χ4v) is 3.84. The number of carbonyl (C=O) groups excluding carboxylic acids is 3. The number of nitrogens with zero attached hydrogens (tertiary/aromatic N) is 2. The Kier molecular flexibility index (Phi) is 13.8. The van der Waals surface area contributed by atoms with Crippen molar-refractivity contribution in [3.8, 4) is 10.4 Å². The number of hydrogen-bond donors (Lipinski definition) is 4. The quantitative estimate of drug-likeness (QED) is 0.426. The largest absolute Gasteiger partial charge is 0.391 e. The Morgan fingerprint density at radius 3 is 2.34 bits per heavy atom. The molecule has 2 aromatic rings. The lowest BCUT2D eigenvalue weighted by atomic mass is 10.1. The summed E-state index contributed by atoms with van der Waals surface area (Å²) in [6, 6.07) is 8.26. The summed E-state index contributed by atoms with van der Waals surface area (Å²) in [4.78, 5) is 39.4. The second-order valence-electron chi connectivity index (χ2n) is 8.89. The third-order valence-electron chi connectivity index (χ3n) is 4.87. The van der Waals surface area contributed by atoms with Gasteiger partial charge in [-0.15, -0.1) is 11.3 Å². The molecule has 0 radical (unpaired) electrons. The number of likely N-dealkylation sites (tertiary alicyclic amines) is 1. The number of aliphatic hydroxyl groups excluding tert-OH is 1. The summed E-state index contributed by atoms with van der Waals surface area (Å²) in [5.74, 6) is 0.307. The minimum Gasteiger partial charge on any atom is -0.391 e. The van der Waals surface area contributed by atoms with Gasteiger partial charge >= 0.3 is 0 Å². The molecule has 2 unspecified atom stereocenters. The number of nitrogens with one attached hydrogen (secondary N) is 2. The minimum atomic E-state index is -0.427. The first-order valence-electron chi connectivity index (χ1n) is 11.7. The minimum absolute atomic E-state index is 0.0389. The summed E-state index contributed by atoms with van der Waals surface area (Å²) in [6.45, 7) is 11.2. The molecule has 0 bridgehead atoms. The Hall–Kier alpha value is -2.82. The average molecular weight is 506 g/mol. The van der Waals surface area contributed by atoms with E-state index in [-0.39, 0.29) is 30.9 Å². The number of rotatable bonds is 7. The van der Waals surface area contributed by atoms with Crippen LogP contribution in [-0.2, 0) is 14.4 Å². The maximum absolute atomic E-state index is 11.4. The van der Waals surface area contributed by atoms with Crippen LogP contribution in [0.4, 0.5) is 0 Å². The van der Waals surface area contributed by atoms with Gasteiger partial charge in [0.1, 0.15) is 0 Å². The van der Waals surface area contributed by atoms with Gasteiger partial charge in [0.15, 0.2) is 0 Å². The molecule has 0 aliphatic carbocycles. The highest BCUT2D eigenvalue weighted by molar-refractivity contribution is 7.13. The smallest absolute Gasteiger partial charge is 0.242 e. The maximum atomic E-state index is 11.4. The third-order valence-corrected chi connectivity index (χ3v) is 5.85. The van der Waals surface area contributed by atoms with Crippen molar-refractivity contribution in [2.24, 2.45) is 11.7 Å². The first kappa shape index (κ1) is 30.2. The van der Waals surface area contributed by atoms with E-state index in [0.717, 1.165) is 23.6 Å². The van der Waals surface area contributed by atoms with E-state index < -0.39 is 6.10 Å². The lowest BCUT2D eigenvalue weighted by Crippen LogP contribution is -2.41. The molecule has 2 heterocycles. The van der Waals surface area contributed by atoms with Gasteiger partial charge in [0.05, 0.1) is 41.3 Å². The van der Waals surface area contributed by atoms with Crippen LogP contribution in [0.1, 0.15) is 51.4 Å². The van der Waals surface area contributed by atoms with Crippen LogP contribution >= 0.6 is 11.3 Å². The molecular weight excluding hydrogens is 466 g/mol. The molecule has 1 aromatic carbocycles. The number of carbonyl (C=O) groups is 3. The standard InChI is InChI=1S/C13H14N2OS.C8H15N3O3.C4H10/c1-9(14-7-16)11-3-5-12(6-4-11)13-10(2)15-8-17-13;9-3-7(13)10-4-8(14)11-2-1-6(12)5-11;1-4(2)3/h3-9H,1-2H3,(H,14,16);6,12H,1-5,9H2,(H,10,13);4H,1-3H3. The van der Waals surface area contributed by atoms with E-state index >= 15 is 0 Å². The third kappa shape index (κ3) is 11.4. The van der Waals surface area contributed by atoms with Crippen molar-refractivity contribution in [1.82, 2.24) is 20.5 Å². The monoisotopic (exact) mass is 505 g/mol. The van der Waals surface area contributed by atoms with Gasteiger partial charge in [0.25, 0.3) is 0 Å². The van der Waals surface area contributed by atoms with Crippen molar-refractivity contribution in [3.63, 3.8) is 0 Å². The average Bonchev–Trinajstić information content (AvgIpc) is 3.45. The number of hydrogen-bond acceptors (Lipinski definition) is 7. The van der Waals surface area contributed by atoms with E-state index in [1.807, 2.05) is 31.5 Å². The Morgan fingerprint density at radius 2 is 1.89 bits per heavy atom. The van der Waals surface area contributed by atoms with Crippen molar-refractivity contribution in [2.75, 3.05) is 26.2 Å². The van der Waals surface area contributed by atoms with Crippen molar-refractivity contribution in [2.45, 2.75) is 53.2 Å². The van der Waals surface area contributed by atoms with Gasteiger partial charge in [-0.05, 0) is 37.3 Å². The molecule has 1 fully saturated rings. The summed E-state index contributed by atoms with van der Waals surface area (Å²) >= 11 is 1.64. The molecule has 9 nitrogen and oxygen atoms in total. The van der Waals surface area contributed by atoms with Gasteiger partial charge in [-0.1, -0.05) is 45.0 Å². The number of aromatic nitrogens is 1. The molecule has 5 N–H and O–H groups in total. The molecule has 2 atom stereocenters. The molecule has 0 saturated carbocycles. The number of amides is 3. The first-order valence-corrected chi connectivity index (χ1v) is 12.6. The van der Waals surface area contributed by atoms with Gasteiger partial charge in [0.2, 0.25) is 18.2 Å². The lowest BCUT2D eigenvalue weighted by molar-refractivity contribution is -0.132. The Morgan fingerprint density at radius 1 is 1.26 bits per heavy atom. The predicted octanol–water partition coefficient (Wildman–Crippen LogP) is 2.24. The summed E-state index contributed by atoms with van der Waals surface area (Å²) in [6.07, 6.45) is 0.909. The molecule has 3 amide bonds. The highest BCUT2D eigenvalue weighted by Gasteiger charge is 2.24. The summed E-state index contributed by atoms with van der Waals surface area (Å²) in [5, 5.41) is 14.3. The molecule has 1 aliphatic rings. The molecule has 35 heavy (non-hydrogen) atoms. The van der Waals surface area contributed by atoms with Crippen molar-refractivity contribution >= 4 is 29.6 Å². The molecule has 10 heteroatoms. The highest BCUT2D eigenvalue weighted by atomic mass is 32.1. The normalized spacial score (nSPS) is 15.3. The van der Waals surface area contributed by atoms with E-state index in [9.17, 15) is 19.5 Å². The Bertz CT molecular complexity index is 914. The van der Waals surface area contributed by atoms with Crippen LogP contribution in [0.2, 0.25) is 0 Å². The molecular formula is C25H39N5O4S. The number of β-amino-alcohol motifs (C(OH)–C–C–N with tert-alkyl or cyclic N) is 1. The van der Waals surface area contributed by atoms with Gasteiger partial charge in [0, 0.05) is 13.1 Å². The Balaban J connectivity index is 0.000000309. The van der Waals surface area contributed by atoms with Crippen LogP contribution in [0.25, 0.3) is 10.4 Å². The van der Waals surface area contributed by atoms with Gasteiger partial charge in [-0.3, -0.25) is 14.4 Å². The zero-order valence-corrected chi connectivity index (χ0v) is 22.1. The summed E-state index contributed by atoms with van der Waals surface area (Å²) < 4.78 is 0. The van der Waals surface area contributed by atoms with Crippen LogP contribution in [0.15, 0.2) is 29.8 Å². The van der Waals surface area contributed by atoms with Crippen LogP contribution in [0.5, 0.6) is 0 Å². The van der Waals surface area contributed by atoms with Gasteiger partial charge in [-0.25, -0.2) is 4.98 Å². The Labute approximate surface area is 212 Å². The number of benzene rings is 1. The first-order chi connectivity index (χ1) is 16.6. The van der Waals surface area contributed by atoms with Crippen LogP contribution in [0, 0.1) is 12.8 Å². The molecule has 194 valence electrons. The fourth-order valence-electron chi connectivity index (χ4n) is 3.03. The SMILES string of the molecule is CC(C)C.Cc1ncsc1-c1ccc(C(C)NC=O)cc1.NCC(=O)NCC(=O)N1CCC(O)C1. The molecule has 1 saturated heterocycles. The van der Waals surface area contributed by atoms with Crippen molar-refractivity contribution in [3.05, 3.63) is 41.0 Å². The van der Waals surface area contributed by atoms with E-state index in [1.165, 1.54) is 15.3 Å². The molecule has 1 aliphatic heterocycles. The van der Waals surface area contributed by atoms with E-state index in [0.29, 0.717) is 19.5 Å². The van der Waals surface area contributed by atoms with Crippen LogP contribution in [-0.4, -0.2) is 65.5 Å².